The third kappa shape index (κ3) is 5.18. The number of carbonyl (C=O) groups excluding carboxylic acids is 2. The number of hydrogen-bond acceptors (Lipinski definition) is 7. The van der Waals surface area contributed by atoms with E-state index in [1.807, 2.05) is 18.2 Å². The molecule has 204 valence electrons. The number of fused-ring (bicyclic) bond motifs is 1. The first-order valence-corrected chi connectivity index (χ1v) is 13.3. The van der Waals surface area contributed by atoms with Gasteiger partial charge in [-0.3, -0.25) is 14.7 Å². The van der Waals surface area contributed by atoms with Crippen LogP contribution < -0.4 is 19.9 Å². The first-order chi connectivity index (χ1) is 18.9. The maximum Gasteiger partial charge on any atom is 0.291 e. The van der Waals surface area contributed by atoms with Crippen molar-refractivity contribution in [3.8, 4) is 5.75 Å². The Labute approximate surface area is 225 Å². The van der Waals surface area contributed by atoms with E-state index in [9.17, 15) is 14.0 Å². The number of carbonyl (C=O) groups is 2. The van der Waals surface area contributed by atoms with Crippen LogP contribution in [0.4, 0.5) is 15.8 Å². The van der Waals surface area contributed by atoms with Crippen molar-refractivity contribution in [1.29, 1.82) is 0 Å². The van der Waals surface area contributed by atoms with E-state index in [-0.39, 0.29) is 29.8 Å². The number of nitrogens with zero attached hydrogens (tertiary/aromatic N) is 4. The molecule has 2 saturated heterocycles. The Kier molecular flexibility index (Phi) is 6.68. The van der Waals surface area contributed by atoms with Gasteiger partial charge in [0, 0.05) is 38.9 Å². The number of rotatable bonds is 5. The number of likely N-dealkylation sites (N-methyl/N-ethyl adjacent to an activating group) is 1. The Morgan fingerprint density at radius 3 is 2.72 bits per heavy atom. The molecule has 0 saturated carbocycles. The zero-order valence-electron chi connectivity index (χ0n) is 21.8. The molecule has 4 heterocycles. The fraction of sp³-hybridized carbons (Fsp3) is 0.429. The second kappa shape index (κ2) is 10.3. The van der Waals surface area contributed by atoms with Gasteiger partial charge < -0.3 is 24.6 Å². The molecule has 39 heavy (non-hydrogen) atoms. The summed E-state index contributed by atoms with van der Waals surface area (Å²) in [7, 11) is 1.68. The van der Waals surface area contributed by atoms with Gasteiger partial charge in [-0.15, -0.1) is 5.10 Å². The van der Waals surface area contributed by atoms with Crippen molar-refractivity contribution in [3.63, 3.8) is 0 Å². The molecule has 1 atom stereocenters. The minimum absolute atomic E-state index is 0.0162. The van der Waals surface area contributed by atoms with E-state index in [4.69, 9.17) is 9.47 Å². The van der Waals surface area contributed by atoms with Crippen LogP contribution in [0.5, 0.6) is 5.75 Å². The first-order valence-electron chi connectivity index (χ1n) is 13.3. The summed E-state index contributed by atoms with van der Waals surface area (Å²) in [6.45, 7) is 2.64. The number of amides is 2. The fourth-order valence-corrected chi connectivity index (χ4v) is 5.60. The number of nitrogens with one attached hydrogen (secondary N) is 2. The zero-order chi connectivity index (χ0) is 27.0. The Morgan fingerprint density at radius 2 is 1.97 bits per heavy atom. The van der Waals surface area contributed by atoms with Crippen molar-refractivity contribution < 1.29 is 23.5 Å². The zero-order valence-corrected chi connectivity index (χ0v) is 21.8. The Morgan fingerprint density at radius 1 is 1.18 bits per heavy atom. The van der Waals surface area contributed by atoms with Gasteiger partial charge in [0.2, 0.25) is 5.82 Å². The van der Waals surface area contributed by atoms with E-state index in [1.54, 1.807) is 19.2 Å². The average molecular weight is 535 g/mol. The van der Waals surface area contributed by atoms with Crippen LogP contribution in [-0.2, 0) is 16.0 Å². The van der Waals surface area contributed by atoms with Gasteiger partial charge in [-0.1, -0.05) is 12.1 Å². The number of H-pyrrole nitrogens is 1. The molecule has 11 heteroatoms. The molecule has 0 aliphatic carbocycles. The number of piperidine rings is 1. The average Bonchev–Trinajstić information content (AvgIpc) is 3.59. The standard InChI is InChI=1S/C28H31FN6O4/c1-34-22-16-20(35-12-10-28(11-13-35)9-2-14-39-28)7-8-23(22)38-17-21(27(34)37)30-26(36)25-31-24(32-33-25)15-18-3-5-19(29)6-4-18/h3-8,16,21H,2,9-15,17H2,1H3,(H,30,36)(H,31,32,33). The highest BCUT2D eigenvalue weighted by molar-refractivity contribution is 6.02. The second-order valence-electron chi connectivity index (χ2n) is 10.4. The van der Waals surface area contributed by atoms with Gasteiger partial charge in [0.05, 0.1) is 11.3 Å². The van der Waals surface area contributed by atoms with Crippen LogP contribution in [0, 0.1) is 5.82 Å². The highest BCUT2D eigenvalue weighted by Gasteiger charge is 2.39. The summed E-state index contributed by atoms with van der Waals surface area (Å²) in [6.07, 6.45) is 4.62. The van der Waals surface area contributed by atoms with Gasteiger partial charge >= 0.3 is 0 Å². The summed E-state index contributed by atoms with van der Waals surface area (Å²) in [5.74, 6) is -0.253. The monoisotopic (exact) mass is 534 g/mol. The Balaban J connectivity index is 1.10. The van der Waals surface area contributed by atoms with Crippen LogP contribution in [0.3, 0.4) is 0 Å². The van der Waals surface area contributed by atoms with E-state index in [0.717, 1.165) is 56.6 Å². The predicted molar refractivity (Wildman–Crippen MR) is 142 cm³/mol. The molecule has 6 rings (SSSR count). The second-order valence-corrected chi connectivity index (χ2v) is 10.4. The minimum atomic E-state index is -0.910. The van der Waals surface area contributed by atoms with Crippen LogP contribution in [0.2, 0.25) is 0 Å². The molecular formula is C28H31FN6O4. The molecule has 1 aromatic heterocycles. The first kappa shape index (κ1) is 25.3. The van der Waals surface area contributed by atoms with Crippen molar-refractivity contribution >= 4 is 23.2 Å². The maximum atomic E-state index is 13.3. The van der Waals surface area contributed by atoms with Gasteiger partial charge in [-0.2, -0.15) is 0 Å². The third-order valence-electron chi connectivity index (χ3n) is 7.89. The predicted octanol–water partition coefficient (Wildman–Crippen LogP) is 2.84. The highest BCUT2D eigenvalue weighted by Crippen LogP contribution is 2.39. The lowest BCUT2D eigenvalue weighted by atomic mass is 9.88. The molecule has 2 N–H and O–H groups in total. The molecule has 3 aliphatic heterocycles. The summed E-state index contributed by atoms with van der Waals surface area (Å²) < 4.78 is 25.2. The lowest BCUT2D eigenvalue weighted by Crippen LogP contribution is -2.49. The number of halogens is 1. The van der Waals surface area contributed by atoms with Gasteiger partial charge in [0.25, 0.3) is 11.8 Å². The van der Waals surface area contributed by atoms with Gasteiger partial charge in [-0.05, 0) is 61.6 Å². The summed E-state index contributed by atoms with van der Waals surface area (Å²) >= 11 is 0. The van der Waals surface area contributed by atoms with Crippen molar-refractivity contribution in [2.24, 2.45) is 0 Å². The molecule has 0 radical (unpaired) electrons. The lowest BCUT2D eigenvalue weighted by molar-refractivity contribution is -0.120. The smallest absolute Gasteiger partial charge is 0.291 e. The number of benzene rings is 2. The molecule has 0 bridgehead atoms. The summed E-state index contributed by atoms with van der Waals surface area (Å²) in [5, 5.41) is 9.43. The number of ether oxygens (including phenoxy) is 2. The molecule has 1 spiro atoms. The number of aromatic nitrogens is 3. The molecule has 3 aromatic rings. The molecular weight excluding hydrogens is 503 g/mol. The van der Waals surface area contributed by atoms with Crippen LogP contribution in [0.1, 0.15) is 47.7 Å². The van der Waals surface area contributed by atoms with E-state index >= 15 is 0 Å². The van der Waals surface area contributed by atoms with Crippen molar-refractivity contribution in [2.45, 2.75) is 43.7 Å². The van der Waals surface area contributed by atoms with Crippen LogP contribution >= 0.6 is 0 Å². The summed E-state index contributed by atoms with van der Waals surface area (Å²) in [5.41, 5.74) is 2.54. The summed E-state index contributed by atoms with van der Waals surface area (Å²) in [4.78, 5) is 34.3. The normalized spacial score (nSPS) is 20.5. The molecule has 2 fully saturated rings. The van der Waals surface area contributed by atoms with Crippen LogP contribution in [-0.4, -0.2) is 72.0 Å². The molecule has 2 aromatic carbocycles. The van der Waals surface area contributed by atoms with E-state index in [0.29, 0.717) is 23.7 Å². The SMILES string of the molecule is CN1C(=O)C(NC(=O)c2n[nH]c(Cc3ccc(F)cc3)n2)COc2ccc(N3CCC4(CCCO4)CC3)cc21. The Bertz CT molecular complexity index is 1360. The van der Waals surface area contributed by atoms with Gasteiger partial charge in [0.1, 0.15) is 30.0 Å². The summed E-state index contributed by atoms with van der Waals surface area (Å²) in [6, 6.07) is 11.0. The van der Waals surface area contributed by atoms with Crippen molar-refractivity contribution in [1.82, 2.24) is 20.5 Å². The third-order valence-corrected chi connectivity index (χ3v) is 7.89. The van der Waals surface area contributed by atoms with Gasteiger partial charge in [0.15, 0.2) is 0 Å². The van der Waals surface area contributed by atoms with Gasteiger partial charge in [-0.25, -0.2) is 9.37 Å². The fourth-order valence-electron chi connectivity index (χ4n) is 5.60. The Hall–Kier alpha value is -3.99. The van der Waals surface area contributed by atoms with E-state index in [2.05, 4.69) is 25.4 Å². The van der Waals surface area contributed by atoms with Crippen molar-refractivity contribution in [3.05, 3.63) is 65.5 Å². The number of aromatic amines is 1. The number of anilines is 2. The minimum Gasteiger partial charge on any atom is -0.489 e. The molecule has 10 nitrogen and oxygen atoms in total. The molecule has 1 unspecified atom stereocenters. The quantitative estimate of drug-likeness (QED) is 0.518. The maximum absolute atomic E-state index is 13.3. The molecule has 3 aliphatic rings. The topological polar surface area (TPSA) is 113 Å². The van der Waals surface area contributed by atoms with E-state index < -0.39 is 11.9 Å². The number of hydrogen-bond donors (Lipinski definition) is 2. The largest absolute Gasteiger partial charge is 0.489 e. The highest BCUT2D eigenvalue weighted by atomic mass is 19.1. The lowest BCUT2D eigenvalue weighted by Gasteiger charge is -2.40. The van der Waals surface area contributed by atoms with Crippen LogP contribution in [0.15, 0.2) is 42.5 Å². The van der Waals surface area contributed by atoms with Crippen molar-refractivity contribution in [2.75, 3.05) is 43.2 Å². The van der Waals surface area contributed by atoms with E-state index in [1.165, 1.54) is 17.0 Å². The van der Waals surface area contributed by atoms with Crippen LogP contribution in [0.25, 0.3) is 0 Å². The molecule has 2 amide bonds.